The van der Waals surface area contributed by atoms with Gasteiger partial charge >= 0.3 is 5.97 Å². The van der Waals surface area contributed by atoms with Gasteiger partial charge in [0.2, 0.25) is 0 Å². The van der Waals surface area contributed by atoms with Gasteiger partial charge in [0.25, 0.3) is 5.56 Å². The summed E-state index contributed by atoms with van der Waals surface area (Å²) in [7, 11) is 0. The fraction of sp³-hybridized carbons (Fsp3) is 0.593. The lowest BCUT2D eigenvalue weighted by Crippen LogP contribution is -2.41. The molecule has 1 aliphatic carbocycles. The topological polar surface area (TPSA) is 106 Å². The third kappa shape index (κ3) is 5.83. The molecule has 0 bridgehead atoms. The highest BCUT2D eigenvalue weighted by atomic mass is 16.5. The summed E-state index contributed by atoms with van der Waals surface area (Å²) in [6, 6.07) is 6.45. The third-order valence-corrected chi connectivity index (χ3v) is 7.17. The summed E-state index contributed by atoms with van der Waals surface area (Å²) in [5.74, 6) is 0.293. The van der Waals surface area contributed by atoms with Crippen LogP contribution in [0.15, 0.2) is 23.0 Å². The number of hydrogen-bond donors (Lipinski definition) is 1. The van der Waals surface area contributed by atoms with Crippen LogP contribution in [-0.2, 0) is 22.6 Å². The molecule has 0 aliphatic heterocycles. The monoisotopic (exact) mass is 494 g/mol. The Morgan fingerprint density at radius 2 is 1.97 bits per heavy atom. The largest absolute Gasteiger partial charge is 0.465 e. The van der Waals surface area contributed by atoms with Crippen molar-refractivity contribution in [2.75, 3.05) is 6.61 Å². The number of ether oxygens (including phenoxy) is 1. The summed E-state index contributed by atoms with van der Waals surface area (Å²) in [5, 5.41) is 13.4. The molecule has 0 radical (unpaired) electrons. The molecule has 9 nitrogen and oxygen atoms in total. The Kier molecular flexibility index (Phi) is 8.51. The summed E-state index contributed by atoms with van der Waals surface area (Å²) in [4.78, 5) is 31.0. The maximum atomic E-state index is 13.3. The molecule has 2 heterocycles. The fourth-order valence-electron chi connectivity index (χ4n) is 5.56. The molecule has 1 aromatic carbocycles. The van der Waals surface area contributed by atoms with E-state index in [-0.39, 0.29) is 24.1 Å². The molecule has 4 rings (SSSR count). The van der Waals surface area contributed by atoms with Crippen molar-refractivity contribution >= 4 is 16.9 Å². The maximum Gasteiger partial charge on any atom is 0.327 e. The number of benzene rings is 1. The van der Waals surface area contributed by atoms with Crippen LogP contribution in [0.5, 0.6) is 0 Å². The lowest BCUT2D eigenvalue weighted by atomic mass is 9.91. The average molecular weight is 495 g/mol. The molecule has 0 unspecified atom stereocenters. The van der Waals surface area contributed by atoms with Gasteiger partial charge in [-0.3, -0.25) is 14.5 Å². The lowest BCUT2D eigenvalue weighted by Gasteiger charge is -2.39. The second-order valence-electron chi connectivity index (χ2n) is 9.94. The Labute approximate surface area is 212 Å². The van der Waals surface area contributed by atoms with Crippen LogP contribution in [0.2, 0.25) is 0 Å². The van der Waals surface area contributed by atoms with Crippen molar-refractivity contribution in [2.24, 2.45) is 0 Å². The van der Waals surface area contributed by atoms with Gasteiger partial charge in [-0.2, -0.15) is 0 Å². The zero-order valence-electron chi connectivity index (χ0n) is 21.9. The minimum absolute atomic E-state index is 0.0238. The Morgan fingerprint density at radius 3 is 2.69 bits per heavy atom. The molecule has 1 atom stereocenters. The van der Waals surface area contributed by atoms with Crippen LogP contribution in [0.3, 0.4) is 0 Å². The van der Waals surface area contributed by atoms with Gasteiger partial charge in [-0.25, -0.2) is 4.68 Å². The van der Waals surface area contributed by atoms with Crippen LogP contribution in [-0.4, -0.2) is 48.7 Å². The van der Waals surface area contributed by atoms with Gasteiger partial charge < -0.3 is 9.72 Å². The molecule has 3 aromatic rings. The second kappa shape index (κ2) is 11.8. The molecule has 0 amide bonds. The number of aromatic amines is 1. The quantitative estimate of drug-likeness (QED) is 0.417. The van der Waals surface area contributed by atoms with Crippen LogP contribution >= 0.6 is 0 Å². The zero-order valence-corrected chi connectivity index (χ0v) is 21.9. The van der Waals surface area contributed by atoms with Crippen LogP contribution in [0.1, 0.15) is 87.3 Å². The summed E-state index contributed by atoms with van der Waals surface area (Å²) >= 11 is 0. The number of nitrogens with zero attached hydrogens (tertiary/aromatic N) is 5. The van der Waals surface area contributed by atoms with Crippen LogP contribution < -0.4 is 5.56 Å². The number of carbonyl (C=O) groups excluding carboxylic acids is 1. The van der Waals surface area contributed by atoms with E-state index in [9.17, 15) is 9.59 Å². The number of tetrazole rings is 1. The SMILES string of the molecule is CCC[C@@H](c1nnnn1CC(=O)OCC)N(Cc1cc2cc(C)cc(C)c2[nH]c1=O)C1CCCCC1. The highest BCUT2D eigenvalue weighted by Gasteiger charge is 2.33. The van der Waals surface area contributed by atoms with Crippen molar-refractivity contribution < 1.29 is 9.53 Å². The zero-order chi connectivity index (χ0) is 25.7. The summed E-state index contributed by atoms with van der Waals surface area (Å²) in [5.41, 5.74) is 3.81. The first-order chi connectivity index (χ1) is 17.4. The number of carbonyl (C=O) groups is 1. The number of aromatic nitrogens is 5. The molecule has 0 saturated heterocycles. The van der Waals surface area contributed by atoms with E-state index >= 15 is 0 Å². The van der Waals surface area contributed by atoms with Crippen LogP contribution in [0, 0.1) is 13.8 Å². The second-order valence-corrected chi connectivity index (χ2v) is 9.94. The Morgan fingerprint density at radius 1 is 1.19 bits per heavy atom. The molecule has 1 saturated carbocycles. The minimum Gasteiger partial charge on any atom is -0.465 e. The van der Waals surface area contributed by atoms with Gasteiger partial charge in [0.15, 0.2) is 5.82 Å². The number of hydrogen-bond acceptors (Lipinski definition) is 7. The predicted octanol–water partition coefficient (Wildman–Crippen LogP) is 4.37. The normalized spacial score (nSPS) is 15.5. The van der Waals surface area contributed by atoms with Crippen molar-refractivity contribution in [2.45, 2.75) is 97.8 Å². The third-order valence-electron chi connectivity index (χ3n) is 7.17. The predicted molar refractivity (Wildman–Crippen MR) is 139 cm³/mol. The van der Waals surface area contributed by atoms with Crippen LogP contribution in [0.4, 0.5) is 0 Å². The van der Waals surface area contributed by atoms with Crippen molar-refractivity contribution in [3.63, 3.8) is 0 Å². The van der Waals surface area contributed by atoms with E-state index < -0.39 is 0 Å². The molecule has 36 heavy (non-hydrogen) atoms. The van der Waals surface area contributed by atoms with E-state index in [0.29, 0.717) is 25.0 Å². The smallest absolute Gasteiger partial charge is 0.327 e. The number of aryl methyl sites for hydroxylation is 2. The minimum atomic E-state index is -0.359. The van der Waals surface area contributed by atoms with Gasteiger partial charge in [-0.15, -0.1) is 5.10 Å². The number of pyridine rings is 1. The van der Waals surface area contributed by atoms with Crippen LogP contribution in [0.25, 0.3) is 10.9 Å². The Bertz CT molecular complexity index is 1240. The highest BCUT2D eigenvalue weighted by Crippen LogP contribution is 2.33. The van der Waals surface area contributed by atoms with E-state index in [1.807, 2.05) is 13.0 Å². The van der Waals surface area contributed by atoms with Crippen molar-refractivity contribution in [1.29, 1.82) is 0 Å². The summed E-state index contributed by atoms with van der Waals surface area (Å²) in [6.45, 7) is 8.82. The van der Waals surface area contributed by atoms with Crippen molar-refractivity contribution in [3.8, 4) is 0 Å². The standard InChI is InChI=1S/C27H38N6O3/c1-5-10-23(26-29-30-31-33(26)17-24(34)36-6-2)32(22-11-8-7-9-12-22)16-21-15-20-14-18(3)13-19(4)25(20)28-27(21)35/h13-15,22-23H,5-12,16-17H2,1-4H3,(H,28,35)/t23-/m0/s1. The van der Waals surface area contributed by atoms with Gasteiger partial charge in [-0.05, 0) is 73.5 Å². The van der Waals surface area contributed by atoms with Gasteiger partial charge in [0.05, 0.1) is 18.2 Å². The fourth-order valence-corrected chi connectivity index (χ4v) is 5.56. The van der Waals surface area contributed by atoms with E-state index in [2.05, 4.69) is 51.4 Å². The number of rotatable bonds is 10. The molecule has 194 valence electrons. The first kappa shape index (κ1) is 26.0. The number of nitrogens with one attached hydrogen (secondary N) is 1. The number of esters is 1. The summed E-state index contributed by atoms with van der Waals surface area (Å²) in [6.07, 6.45) is 7.46. The van der Waals surface area contributed by atoms with E-state index in [4.69, 9.17) is 4.74 Å². The number of fused-ring (bicyclic) bond motifs is 1. The molecular weight excluding hydrogens is 456 g/mol. The maximum absolute atomic E-state index is 13.3. The molecule has 0 spiro atoms. The van der Waals surface area contributed by atoms with E-state index in [1.165, 1.54) is 24.8 Å². The molecular formula is C27H38N6O3. The molecule has 2 aromatic heterocycles. The lowest BCUT2D eigenvalue weighted by molar-refractivity contribution is -0.144. The molecule has 1 aliphatic rings. The first-order valence-corrected chi connectivity index (χ1v) is 13.2. The van der Waals surface area contributed by atoms with E-state index in [0.717, 1.165) is 47.7 Å². The Hall–Kier alpha value is -3.07. The average Bonchev–Trinajstić information content (AvgIpc) is 3.30. The number of H-pyrrole nitrogens is 1. The van der Waals surface area contributed by atoms with Crippen molar-refractivity contribution in [3.05, 3.63) is 51.1 Å². The molecule has 9 heteroatoms. The van der Waals surface area contributed by atoms with Crippen molar-refractivity contribution in [1.82, 2.24) is 30.1 Å². The molecule has 1 fully saturated rings. The van der Waals surface area contributed by atoms with Gasteiger partial charge in [-0.1, -0.05) is 44.2 Å². The van der Waals surface area contributed by atoms with Gasteiger partial charge in [0.1, 0.15) is 6.54 Å². The highest BCUT2D eigenvalue weighted by molar-refractivity contribution is 5.82. The molecule has 1 N–H and O–H groups in total. The van der Waals surface area contributed by atoms with Gasteiger partial charge in [0, 0.05) is 18.2 Å². The van der Waals surface area contributed by atoms with E-state index in [1.54, 1.807) is 11.6 Å². The Balaban J connectivity index is 1.74. The first-order valence-electron chi connectivity index (χ1n) is 13.2. The summed E-state index contributed by atoms with van der Waals surface area (Å²) < 4.78 is 6.70.